The van der Waals surface area contributed by atoms with Gasteiger partial charge in [0.25, 0.3) is 0 Å². The smallest absolute Gasteiger partial charge is 0.410 e. The molecule has 5 heteroatoms. The lowest BCUT2D eigenvalue weighted by atomic mass is 9.94. The van der Waals surface area contributed by atoms with Crippen LogP contribution in [0.2, 0.25) is 0 Å². The molecule has 1 saturated heterocycles. The second kappa shape index (κ2) is 6.75. The van der Waals surface area contributed by atoms with E-state index in [1.54, 1.807) is 4.90 Å². The average Bonchev–Trinajstić information content (AvgIpc) is 2.50. The van der Waals surface area contributed by atoms with Gasteiger partial charge in [-0.2, -0.15) is 0 Å². The van der Waals surface area contributed by atoms with Gasteiger partial charge in [0.05, 0.1) is 11.2 Å². The largest absolute Gasteiger partial charge is 0.444 e. The van der Waals surface area contributed by atoms with Crippen LogP contribution in [0.3, 0.4) is 0 Å². The molecule has 0 aromatic carbocycles. The maximum Gasteiger partial charge on any atom is 0.410 e. The molecule has 1 N–H and O–H groups in total. The molecule has 0 radical (unpaired) electrons. The van der Waals surface area contributed by atoms with Gasteiger partial charge in [0.1, 0.15) is 5.60 Å². The zero-order valence-electron chi connectivity index (χ0n) is 15.6. The summed E-state index contributed by atoms with van der Waals surface area (Å²) in [5, 5.41) is 3.54. The summed E-state index contributed by atoms with van der Waals surface area (Å²) in [6.07, 6.45) is 0.720. The minimum Gasteiger partial charge on any atom is -0.444 e. The first kappa shape index (κ1) is 19.2. The van der Waals surface area contributed by atoms with Crippen molar-refractivity contribution >= 4 is 6.09 Å². The van der Waals surface area contributed by atoms with Crippen LogP contribution < -0.4 is 5.32 Å². The Morgan fingerprint density at radius 3 is 2.32 bits per heavy atom. The molecule has 0 aromatic heterocycles. The van der Waals surface area contributed by atoms with Crippen molar-refractivity contribution in [2.45, 2.75) is 84.7 Å². The molecule has 5 nitrogen and oxygen atoms in total. The van der Waals surface area contributed by atoms with Crippen LogP contribution in [-0.2, 0) is 9.47 Å². The minimum absolute atomic E-state index is 0.100. The number of ether oxygens (including phenoxy) is 2. The molecule has 0 aliphatic carbocycles. The van der Waals surface area contributed by atoms with Crippen molar-refractivity contribution in [2.24, 2.45) is 0 Å². The molecule has 1 unspecified atom stereocenters. The van der Waals surface area contributed by atoms with E-state index in [1.807, 2.05) is 27.7 Å². The van der Waals surface area contributed by atoms with E-state index < -0.39 is 5.60 Å². The molecule has 130 valence electrons. The number of hydrogen-bond acceptors (Lipinski definition) is 4. The van der Waals surface area contributed by atoms with Crippen LogP contribution in [0, 0.1) is 0 Å². The Hall–Kier alpha value is -0.810. The van der Waals surface area contributed by atoms with Crippen LogP contribution in [0.1, 0.15) is 61.8 Å². The van der Waals surface area contributed by atoms with Crippen LogP contribution in [0.15, 0.2) is 0 Å². The SMILES string of the molecule is CCN(CCNC1CC(C)(C)OC1(C)C)C(=O)OC(C)(C)C. The second-order valence-corrected chi connectivity index (χ2v) is 8.24. The van der Waals surface area contributed by atoms with Crippen molar-refractivity contribution in [1.82, 2.24) is 10.2 Å². The van der Waals surface area contributed by atoms with Crippen LogP contribution in [-0.4, -0.2) is 53.5 Å². The van der Waals surface area contributed by atoms with Crippen molar-refractivity contribution in [3.05, 3.63) is 0 Å². The number of nitrogens with zero attached hydrogens (tertiary/aromatic N) is 1. The zero-order valence-corrected chi connectivity index (χ0v) is 15.6. The summed E-state index contributed by atoms with van der Waals surface area (Å²) in [7, 11) is 0. The van der Waals surface area contributed by atoms with Crippen molar-refractivity contribution in [3.63, 3.8) is 0 Å². The van der Waals surface area contributed by atoms with Gasteiger partial charge in [-0.1, -0.05) is 0 Å². The molecule has 1 rings (SSSR count). The Bertz CT molecular complexity index is 386. The summed E-state index contributed by atoms with van der Waals surface area (Å²) < 4.78 is 11.5. The third kappa shape index (κ3) is 5.76. The third-order valence-electron chi connectivity index (χ3n) is 3.88. The highest BCUT2D eigenvalue weighted by atomic mass is 16.6. The highest BCUT2D eigenvalue weighted by Gasteiger charge is 2.45. The average molecular weight is 314 g/mol. The Morgan fingerprint density at radius 1 is 1.32 bits per heavy atom. The lowest BCUT2D eigenvalue weighted by molar-refractivity contribution is -0.0698. The first-order chi connectivity index (χ1) is 9.86. The van der Waals surface area contributed by atoms with Gasteiger partial charge in [0.15, 0.2) is 0 Å². The molecule has 0 spiro atoms. The highest BCUT2D eigenvalue weighted by molar-refractivity contribution is 5.68. The zero-order chi connectivity index (χ0) is 17.2. The van der Waals surface area contributed by atoms with E-state index in [9.17, 15) is 4.79 Å². The fraction of sp³-hybridized carbons (Fsp3) is 0.941. The van der Waals surface area contributed by atoms with Gasteiger partial charge in [-0.25, -0.2) is 4.79 Å². The van der Waals surface area contributed by atoms with Crippen LogP contribution >= 0.6 is 0 Å². The van der Waals surface area contributed by atoms with Gasteiger partial charge in [-0.15, -0.1) is 0 Å². The summed E-state index contributed by atoms with van der Waals surface area (Å²) in [6.45, 7) is 18.1. The van der Waals surface area contributed by atoms with Crippen molar-refractivity contribution in [1.29, 1.82) is 0 Å². The molecule has 22 heavy (non-hydrogen) atoms. The van der Waals surface area contributed by atoms with E-state index >= 15 is 0 Å². The summed E-state index contributed by atoms with van der Waals surface area (Å²) in [4.78, 5) is 13.8. The van der Waals surface area contributed by atoms with Gasteiger partial charge in [0.2, 0.25) is 0 Å². The fourth-order valence-electron chi connectivity index (χ4n) is 2.96. The molecule has 0 saturated carbocycles. The Labute approximate surface area is 135 Å². The third-order valence-corrected chi connectivity index (χ3v) is 3.88. The topological polar surface area (TPSA) is 50.8 Å². The lowest BCUT2D eigenvalue weighted by Gasteiger charge is -2.29. The molecule has 0 aromatic rings. The first-order valence-corrected chi connectivity index (χ1v) is 8.28. The quantitative estimate of drug-likeness (QED) is 0.847. The van der Waals surface area contributed by atoms with E-state index in [0.717, 1.165) is 13.0 Å². The molecule has 1 aliphatic heterocycles. The molecule has 1 fully saturated rings. The lowest BCUT2D eigenvalue weighted by Crippen LogP contribution is -2.47. The van der Waals surface area contributed by atoms with E-state index in [2.05, 4.69) is 33.0 Å². The molecule has 1 atom stereocenters. The van der Waals surface area contributed by atoms with Gasteiger partial charge >= 0.3 is 6.09 Å². The van der Waals surface area contributed by atoms with Crippen molar-refractivity contribution in [3.8, 4) is 0 Å². The number of nitrogens with one attached hydrogen (secondary N) is 1. The van der Waals surface area contributed by atoms with Crippen LogP contribution in [0.4, 0.5) is 4.79 Å². The summed E-state index contributed by atoms with van der Waals surface area (Å²) >= 11 is 0. The molecule has 0 bridgehead atoms. The monoisotopic (exact) mass is 314 g/mol. The molecular weight excluding hydrogens is 280 g/mol. The van der Waals surface area contributed by atoms with Gasteiger partial charge in [-0.3, -0.25) is 0 Å². The summed E-state index contributed by atoms with van der Waals surface area (Å²) in [5.41, 5.74) is -0.744. The van der Waals surface area contributed by atoms with E-state index in [4.69, 9.17) is 9.47 Å². The Morgan fingerprint density at radius 2 is 1.91 bits per heavy atom. The number of rotatable bonds is 5. The number of likely N-dealkylation sites (N-methyl/N-ethyl adjacent to an activating group) is 1. The second-order valence-electron chi connectivity index (χ2n) is 8.24. The fourth-order valence-corrected chi connectivity index (χ4v) is 2.96. The number of carbonyl (C=O) groups is 1. The summed E-state index contributed by atoms with van der Waals surface area (Å²) in [5.74, 6) is 0. The predicted molar refractivity (Wildman–Crippen MR) is 89.1 cm³/mol. The van der Waals surface area contributed by atoms with Crippen LogP contribution in [0.25, 0.3) is 0 Å². The molecule has 1 amide bonds. The van der Waals surface area contributed by atoms with Gasteiger partial charge in [-0.05, 0) is 61.8 Å². The summed E-state index contributed by atoms with van der Waals surface area (Å²) in [6, 6.07) is 0.292. The van der Waals surface area contributed by atoms with Gasteiger partial charge < -0.3 is 19.7 Å². The van der Waals surface area contributed by atoms with Crippen LogP contribution in [0.5, 0.6) is 0 Å². The van der Waals surface area contributed by atoms with E-state index in [-0.39, 0.29) is 17.3 Å². The maximum absolute atomic E-state index is 12.1. The molecule has 1 heterocycles. The van der Waals surface area contributed by atoms with E-state index in [0.29, 0.717) is 19.1 Å². The molecule has 1 aliphatic rings. The number of amides is 1. The van der Waals surface area contributed by atoms with Gasteiger partial charge in [0, 0.05) is 25.7 Å². The highest BCUT2D eigenvalue weighted by Crippen LogP contribution is 2.37. The number of carbonyl (C=O) groups excluding carboxylic acids is 1. The Kier molecular flexibility index (Phi) is 5.90. The molecular formula is C17H34N2O3. The maximum atomic E-state index is 12.1. The predicted octanol–water partition coefficient (Wildman–Crippen LogP) is 3.18. The normalized spacial score (nSPS) is 23.4. The standard InChI is InChI=1S/C17H34N2O3/c1-9-19(14(20)21-15(2,3)4)11-10-18-13-12-16(5,6)22-17(13,7)8/h13,18H,9-12H2,1-8H3. The van der Waals surface area contributed by atoms with Crippen molar-refractivity contribution < 1.29 is 14.3 Å². The Balaban J connectivity index is 2.46. The first-order valence-electron chi connectivity index (χ1n) is 8.28. The number of hydrogen-bond donors (Lipinski definition) is 1. The minimum atomic E-state index is -0.455. The van der Waals surface area contributed by atoms with Crippen molar-refractivity contribution in [2.75, 3.05) is 19.6 Å². The van der Waals surface area contributed by atoms with E-state index in [1.165, 1.54) is 0 Å².